The molecule has 0 atom stereocenters. The lowest BCUT2D eigenvalue weighted by molar-refractivity contribution is -0.132. The van der Waals surface area contributed by atoms with Crippen LogP contribution in [-0.2, 0) is 24.2 Å². The first kappa shape index (κ1) is 26.7. The number of carbonyl (C=O) groups is 2. The van der Waals surface area contributed by atoms with E-state index in [4.69, 9.17) is 9.47 Å². The number of aryl methyl sites for hydroxylation is 2. The summed E-state index contributed by atoms with van der Waals surface area (Å²) in [6, 6.07) is 17.9. The Bertz CT molecular complexity index is 1220. The molecule has 0 N–H and O–H groups in total. The van der Waals surface area contributed by atoms with Crippen LogP contribution < -0.4 is 9.47 Å². The van der Waals surface area contributed by atoms with E-state index in [1.165, 1.54) is 10.4 Å². The maximum absolute atomic E-state index is 13.7. The maximum Gasteiger partial charge on any atom is 0.254 e. The molecule has 1 aromatic heterocycles. The van der Waals surface area contributed by atoms with Gasteiger partial charge in [-0.1, -0.05) is 25.1 Å². The van der Waals surface area contributed by atoms with Gasteiger partial charge in [-0.2, -0.15) is 0 Å². The Morgan fingerprint density at radius 1 is 0.946 bits per heavy atom. The van der Waals surface area contributed by atoms with Gasteiger partial charge in [-0.05, 0) is 80.1 Å². The predicted octanol–water partition coefficient (Wildman–Crippen LogP) is 5.51. The van der Waals surface area contributed by atoms with Gasteiger partial charge >= 0.3 is 0 Å². The van der Waals surface area contributed by atoms with Gasteiger partial charge in [0.15, 0.2) is 11.5 Å². The number of rotatable bonds is 12. The fraction of sp³-hybridized carbons (Fsp3) is 0.400. The fourth-order valence-electron chi connectivity index (χ4n) is 4.40. The summed E-state index contributed by atoms with van der Waals surface area (Å²) in [4.78, 5) is 33.1. The van der Waals surface area contributed by atoms with Crippen LogP contribution in [-0.4, -0.2) is 55.0 Å². The number of amides is 2. The molecule has 1 aliphatic rings. The fourth-order valence-corrected chi connectivity index (χ4v) is 5.30. The molecule has 196 valence electrons. The number of hydrogen-bond acceptors (Lipinski definition) is 5. The Balaban J connectivity index is 1.50. The summed E-state index contributed by atoms with van der Waals surface area (Å²) in [6.07, 6.45) is 3.49. The normalized spacial score (nSPS) is 12.8. The predicted molar refractivity (Wildman–Crippen MR) is 148 cm³/mol. The monoisotopic (exact) mass is 520 g/mol. The van der Waals surface area contributed by atoms with Crippen molar-refractivity contribution in [3.63, 3.8) is 0 Å². The van der Waals surface area contributed by atoms with Crippen molar-refractivity contribution < 1.29 is 19.1 Å². The van der Waals surface area contributed by atoms with Crippen molar-refractivity contribution in [2.45, 2.75) is 52.1 Å². The number of ether oxygens (including phenoxy) is 2. The first-order valence-corrected chi connectivity index (χ1v) is 13.7. The minimum absolute atomic E-state index is 0.0306. The molecule has 4 rings (SSSR count). The van der Waals surface area contributed by atoms with Gasteiger partial charge in [0.25, 0.3) is 5.91 Å². The zero-order valence-corrected chi connectivity index (χ0v) is 23.0. The second kappa shape index (κ2) is 12.3. The molecule has 1 saturated carbocycles. The van der Waals surface area contributed by atoms with Gasteiger partial charge in [0.2, 0.25) is 5.91 Å². The smallest absolute Gasteiger partial charge is 0.254 e. The molecule has 1 heterocycles. The van der Waals surface area contributed by atoms with Crippen molar-refractivity contribution in [3.05, 3.63) is 81.0 Å². The minimum Gasteiger partial charge on any atom is -0.493 e. The van der Waals surface area contributed by atoms with E-state index in [2.05, 4.69) is 26.0 Å². The molecule has 0 spiro atoms. The topological polar surface area (TPSA) is 59.1 Å². The average Bonchev–Trinajstić information content (AvgIpc) is 3.69. The number of benzene rings is 2. The second-order valence-electron chi connectivity index (χ2n) is 9.48. The van der Waals surface area contributed by atoms with Crippen molar-refractivity contribution in [1.29, 1.82) is 0 Å². The molecule has 0 aliphatic heterocycles. The molecular weight excluding hydrogens is 484 g/mol. The highest BCUT2D eigenvalue weighted by Gasteiger charge is 2.35. The Morgan fingerprint density at radius 2 is 1.65 bits per heavy atom. The third-order valence-corrected chi connectivity index (χ3v) is 7.76. The van der Waals surface area contributed by atoms with Crippen molar-refractivity contribution in [2.24, 2.45) is 0 Å². The summed E-state index contributed by atoms with van der Waals surface area (Å²) < 4.78 is 10.8. The molecule has 0 bridgehead atoms. The first-order chi connectivity index (χ1) is 17.9. The van der Waals surface area contributed by atoms with E-state index in [0.29, 0.717) is 36.6 Å². The van der Waals surface area contributed by atoms with Gasteiger partial charge in [-0.25, -0.2) is 0 Å². The Morgan fingerprint density at radius 3 is 2.24 bits per heavy atom. The van der Waals surface area contributed by atoms with Gasteiger partial charge in [-0.15, -0.1) is 11.3 Å². The molecule has 1 fully saturated rings. The van der Waals surface area contributed by atoms with E-state index >= 15 is 0 Å². The molecular formula is C30H36N2O4S. The highest BCUT2D eigenvalue weighted by atomic mass is 32.1. The van der Waals surface area contributed by atoms with E-state index in [9.17, 15) is 9.59 Å². The molecule has 0 saturated heterocycles. The van der Waals surface area contributed by atoms with E-state index in [1.807, 2.05) is 47.4 Å². The molecule has 0 radical (unpaired) electrons. The van der Waals surface area contributed by atoms with Crippen LogP contribution >= 0.6 is 11.3 Å². The summed E-state index contributed by atoms with van der Waals surface area (Å²) in [5.41, 5.74) is 2.89. The van der Waals surface area contributed by atoms with Crippen molar-refractivity contribution in [3.8, 4) is 11.5 Å². The van der Waals surface area contributed by atoms with Crippen LogP contribution in [0.2, 0.25) is 0 Å². The number of hydrogen-bond donors (Lipinski definition) is 0. The first-order valence-electron chi connectivity index (χ1n) is 12.9. The Hall–Kier alpha value is -3.32. The Kier molecular flexibility index (Phi) is 8.87. The third kappa shape index (κ3) is 6.92. The van der Waals surface area contributed by atoms with Crippen LogP contribution in [0, 0.1) is 6.92 Å². The summed E-state index contributed by atoms with van der Waals surface area (Å²) in [7, 11) is 3.24. The molecule has 37 heavy (non-hydrogen) atoms. The van der Waals surface area contributed by atoms with Crippen molar-refractivity contribution in [2.75, 3.05) is 27.3 Å². The summed E-state index contributed by atoms with van der Waals surface area (Å²) in [5, 5.41) is 0. The number of methoxy groups -OCH3 is 2. The third-order valence-electron chi connectivity index (χ3n) is 6.78. The summed E-state index contributed by atoms with van der Waals surface area (Å²) in [6.45, 7) is 5.33. The molecule has 3 aromatic rings. The minimum atomic E-state index is -0.0645. The molecule has 2 amide bonds. The van der Waals surface area contributed by atoms with E-state index in [-0.39, 0.29) is 24.4 Å². The molecule has 2 aromatic carbocycles. The van der Waals surface area contributed by atoms with E-state index in [0.717, 1.165) is 29.7 Å². The van der Waals surface area contributed by atoms with Crippen LogP contribution in [0.4, 0.5) is 0 Å². The highest BCUT2D eigenvalue weighted by Crippen LogP contribution is 2.30. The van der Waals surface area contributed by atoms with Crippen LogP contribution in [0.25, 0.3) is 0 Å². The molecule has 7 heteroatoms. The average molecular weight is 521 g/mol. The van der Waals surface area contributed by atoms with Gasteiger partial charge in [-0.3, -0.25) is 9.59 Å². The van der Waals surface area contributed by atoms with Crippen LogP contribution in [0.1, 0.15) is 51.0 Å². The zero-order valence-electron chi connectivity index (χ0n) is 22.2. The van der Waals surface area contributed by atoms with Crippen LogP contribution in [0.5, 0.6) is 11.5 Å². The summed E-state index contributed by atoms with van der Waals surface area (Å²) in [5.74, 6) is 1.26. The van der Waals surface area contributed by atoms with Crippen LogP contribution in [0.15, 0.2) is 54.6 Å². The maximum atomic E-state index is 13.7. The van der Waals surface area contributed by atoms with Gasteiger partial charge in [0.05, 0.1) is 20.8 Å². The van der Waals surface area contributed by atoms with Crippen LogP contribution in [0.3, 0.4) is 0 Å². The number of carbonyl (C=O) groups excluding carboxylic acids is 2. The van der Waals surface area contributed by atoms with E-state index < -0.39 is 0 Å². The van der Waals surface area contributed by atoms with E-state index in [1.54, 1.807) is 30.5 Å². The van der Waals surface area contributed by atoms with Crippen molar-refractivity contribution >= 4 is 23.2 Å². The SMILES string of the molecule is CCc1ccc(C(=O)N(CC(=O)N(CCc2ccc(OC)c(OC)c2)Cc2ccc(C)s2)C2CC2)cc1. The lowest BCUT2D eigenvalue weighted by Gasteiger charge is -2.28. The molecule has 6 nitrogen and oxygen atoms in total. The van der Waals surface area contributed by atoms with Gasteiger partial charge in [0, 0.05) is 27.9 Å². The number of thiophene rings is 1. The Labute approximate surface area is 223 Å². The largest absolute Gasteiger partial charge is 0.493 e. The second-order valence-corrected chi connectivity index (χ2v) is 10.9. The molecule has 0 unspecified atom stereocenters. The van der Waals surface area contributed by atoms with Gasteiger partial charge in [0.1, 0.15) is 6.54 Å². The zero-order chi connectivity index (χ0) is 26.4. The summed E-state index contributed by atoms with van der Waals surface area (Å²) >= 11 is 1.70. The highest BCUT2D eigenvalue weighted by molar-refractivity contribution is 7.11. The standard InChI is InChI=1S/C30H36N2O4S/c1-5-22-7-10-24(11-8-22)30(34)32(25-12-13-25)20-29(33)31(19-26-14-6-21(2)37-26)17-16-23-9-15-27(35-3)28(18-23)36-4/h6-11,14-15,18,25H,5,12-13,16-17,19-20H2,1-4H3. The lowest BCUT2D eigenvalue weighted by Crippen LogP contribution is -2.44. The number of nitrogens with zero attached hydrogens (tertiary/aromatic N) is 2. The molecule has 1 aliphatic carbocycles. The quantitative estimate of drug-likeness (QED) is 0.316. The lowest BCUT2D eigenvalue weighted by atomic mass is 10.1. The van der Waals surface area contributed by atoms with Gasteiger partial charge < -0.3 is 19.3 Å². The van der Waals surface area contributed by atoms with Crippen molar-refractivity contribution in [1.82, 2.24) is 9.80 Å².